The molecular weight excluding hydrogens is 286 g/mol. The molecule has 21 heavy (non-hydrogen) atoms. The van der Waals surface area contributed by atoms with E-state index >= 15 is 0 Å². The molecular formula is C15H25N3O2S. The topological polar surface area (TPSA) is 63.1 Å². The maximum absolute atomic E-state index is 12.4. The predicted octanol–water partition coefficient (Wildman–Crippen LogP) is 1.79. The van der Waals surface area contributed by atoms with Crippen LogP contribution in [0.3, 0.4) is 0 Å². The largest absolute Gasteiger partial charge is 0.348 e. The van der Waals surface area contributed by atoms with Crippen LogP contribution >= 0.6 is 11.3 Å². The molecule has 2 heterocycles. The summed E-state index contributed by atoms with van der Waals surface area (Å²) in [5, 5.41) is 6.70. The molecule has 0 bridgehead atoms. The number of nitrogens with zero attached hydrogens (tertiary/aromatic N) is 1. The summed E-state index contributed by atoms with van der Waals surface area (Å²) >= 11 is 1.02. The number of carbonyl (C=O) groups excluding carboxylic acids is 1. The summed E-state index contributed by atoms with van der Waals surface area (Å²) in [6.45, 7) is 10.4. The first-order chi connectivity index (χ1) is 9.51. The van der Waals surface area contributed by atoms with Crippen molar-refractivity contribution in [2.75, 3.05) is 0 Å². The quantitative estimate of drug-likeness (QED) is 0.875. The molecule has 0 saturated carbocycles. The fourth-order valence-electron chi connectivity index (χ4n) is 3.40. The highest BCUT2D eigenvalue weighted by atomic mass is 32.1. The van der Waals surface area contributed by atoms with Gasteiger partial charge in [0.15, 0.2) is 0 Å². The zero-order chi connectivity index (χ0) is 16.0. The summed E-state index contributed by atoms with van der Waals surface area (Å²) < 4.78 is 1.52. The van der Waals surface area contributed by atoms with Gasteiger partial charge in [0, 0.05) is 29.9 Å². The summed E-state index contributed by atoms with van der Waals surface area (Å²) in [6, 6.07) is 0.116. The Balaban J connectivity index is 2.16. The van der Waals surface area contributed by atoms with Crippen molar-refractivity contribution < 1.29 is 4.79 Å². The molecule has 0 atom stereocenters. The van der Waals surface area contributed by atoms with Gasteiger partial charge in [0.25, 0.3) is 5.91 Å². The van der Waals surface area contributed by atoms with Crippen molar-refractivity contribution in [1.82, 2.24) is 15.2 Å². The molecule has 2 rings (SSSR count). The van der Waals surface area contributed by atoms with Crippen molar-refractivity contribution in [3.8, 4) is 0 Å². The molecule has 0 spiro atoms. The van der Waals surface area contributed by atoms with E-state index in [0.717, 1.165) is 29.9 Å². The first kappa shape index (κ1) is 16.2. The van der Waals surface area contributed by atoms with Crippen molar-refractivity contribution in [2.45, 2.75) is 64.6 Å². The lowest BCUT2D eigenvalue weighted by molar-refractivity contribution is 0.0876. The van der Waals surface area contributed by atoms with Gasteiger partial charge in [0.05, 0.1) is 0 Å². The van der Waals surface area contributed by atoms with E-state index in [4.69, 9.17) is 0 Å². The second-order valence-electron chi connectivity index (χ2n) is 7.31. The van der Waals surface area contributed by atoms with E-state index in [9.17, 15) is 9.59 Å². The Bertz CT molecular complexity index is 597. The van der Waals surface area contributed by atoms with E-state index in [1.54, 1.807) is 7.05 Å². The Labute approximate surface area is 129 Å². The highest BCUT2D eigenvalue weighted by Crippen LogP contribution is 2.28. The van der Waals surface area contributed by atoms with E-state index in [1.165, 1.54) is 4.57 Å². The lowest BCUT2D eigenvalue weighted by Gasteiger charge is -2.46. The molecule has 0 aliphatic carbocycles. The Morgan fingerprint density at radius 3 is 2.24 bits per heavy atom. The van der Waals surface area contributed by atoms with Crippen LogP contribution in [-0.2, 0) is 7.05 Å². The van der Waals surface area contributed by atoms with Crippen LogP contribution in [0.1, 0.15) is 55.9 Å². The summed E-state index contributed by atoms with van der Waals surface area (Å²) in [7, 11) is 1.70. The van der Waals surface area contributed by atoms with Gasteiger partial charge in [-0.05, 0) is 47.5 Å². The smallest absolute Gasteiger partial charge is 0.307 e. The van der Waals surface area contributed by atoms with Gasteiger partial charge in [0.1, 0.15) is 4.88 Å². The molecule has 0 radical (unpaired) electrons. The van der Waals surface area contributed by atoms with Crippen LogP contribution in [0, 0.1) is 6.92 Å². The number of thiazole rings is 1. The third kappa shape index (κ3) is 3.55. The summed E-state index contributed by atoms with van der Waals surface area (Å²) in [5.41, 5.74) is 0.701. The Morgan fingerprint density at radius 2 is 1.81 bits per heavy atom. The predicted molar refractivity (Wildman–Crippen MR) is 86.1 cm³/mol. The van der Waals surface area contributed by atoms with Gasteiger partial charge in [-0.15, -0.1) is 0 Å². The third-order valence-electron chi connectivity index (χ3n) is 4.03. The molecule has 0 unspecified atom stereocenters. The van der Waals surface area contributed by atoms with Gasteiger partial charge in [-0.3, -0.25) is 9.59 Å². The summed E-state index contributed by atoms with van der Waals surface area (Å²) in [5.74, 6) is -0.131. The number of nitrogens with one attached hydrogen (secondary N) is 2. The minimum atomic E-state index is -0.131. The van der Waals surface area contributed by atoms with Gasteiger partial charge in [0.2, 0.25) is 0 Å². The number of piperidine rings is 1. The Morgan fingerprint density at radius 1 is 1.29 bits per heavy atom. The van der Waals surface area contributed by atoms with Crippen LogP contribution in [0.2, 0.25) is 0 Å². The van der Waals surface area contributed by atoms with Gasteiger partial charge in [-0.2, -0.15) is 0 Å². The molecule has 2 N–H and O–H groups in total. The zero-order valence-corrected chi connectivity index (χ0v) is 14.5. The number of amides is 1. The molecule has 1 fully saturated rings. The van der Waals surface area contributed by atoms with Gasteiger partial charge in [-0.1, -0.05) is 11.3 Å². The Hall–Kier alpha value is -1.14. The van der Waals surface area contributed by atoms with E-state index in [2.05, 4.69) is 38.3 Å². The monoisotopic (exact) mass is 311 g/mol. The standard InChI is InChI=1S/C15H25N3O2S/c1-9-11(21-13(20)18(9)6)12(19)16-10-7-14(2,3)17-15(4,5)8-10/h10,17H,7-8H2,1-6H3,(H,16,19). The number of rotatable bonds is 2. The van der Waals surface area contributed by atoms with Gasteiger partial charge < -0.3 is 15.2 Å². The zero-order valence-electron chi connectivity index (χ0n) is 13.7. The second-order valence-corrected chi connectivity index (χ2v) is 8.27. The van der Waals surface area contributed by atoms with Gasteiger partial charge >= 0.3 is 4.87 Å². The van der Waals surface area contributed by atoms with Crippen molar-refractivity contribution in [2.24, 2.45) is 7.05 Å². The number of hydrogen-bond donors (Lipinski definition) is 2. The highest BCUT2D eigenvalue weighted by Gasteiger charge is 2.38. The van der Waals surface area contributed by atoms with Crippen molar-refractivity contribution >= 4 is 17.2 Å². The minimum absolute atomic E-state index is 0.0153. The average molecular weight is 311 g/mol. The van der Waals surface area contributed by atoms with Crippen molar-refractivity contribution in [1.29, 1.82) is 0 Å². The molecule has 5 nitrogen and oxygen atoms in total. The molecule has 1 aromatic heterocycles. The number of carbonyl (C=O) groups is 1. The minimum Gasteiger partial charge on any atom is -0.348 e. The molecule has 118 valence electrons. The van der Waals surface area contributed by atoms with Crippen molar-refractivity contribution in [3.63, 3.8) is 0 Å². The van der Waals surface area contributed by atoms with Crippen LogP contribution in [0.15, 0.2) is 4.79 Å². The molecule has 1 amide bonds. The summed E-state index contributed by atoms with van der Waals surface area (Å²) in [6.07, 6.45) is 1.76. The fourth-order valence-corrected chi connectivity index (χ4v) is 4.29. The SMILES string of the molecule is Cc1c(C(=O)NC2CC(C)(C)NC(C)(C)C2)sc(=O)n1C. The van der Waals surface area contributed by atoms with Crippen LogP contribution < -0.4 is 15.5 Å². The maximum Gasteiger partial charge on any atom is 0.307 e. The van der Waals surface area contributed by atoms with Crippen LogP contribution in [0.4, 0.5) is 0 Å². The van der Waals surface area contributed by atoms with E-state index in [0.29, 0.717) is 4.88 Å². The second kappa shape index (κ2) is 5.25. The lowest BCUT2D eigenvalue weighted by atomic mass is 9.79. The maximum atomic E-state index is 12.4. The molecule has 1 saturated heterocycles. The molecule has 1 aromatic rings. The van der Waals surface area contributed by atoms with E-state index in [-0.39, 0.29) is 27.9 Å². The lowest BCUT2D eigenvalue weighted by Crippen LogP contribution is -2.62. The van der Waals surface area contributed by atoms with E-state index in [1.807, 2.05) is 6.92 Å². The highest BCUT2D eigenvalue weighted by molar-refractivity contribution is 7.11. The molecule has 0 aromatic carbocycles. The fraction of sp³-hybridized carbons (Fsp3) is 0.733. The normalized spacial score (nSPS) is 21.2. The van der Waals surface area contributed by atoms with Crippen LogP contribution in [-0.4, -0.2) is 27.6 Å². The third-order valence-corrected chi connectivity index (χ3v) is 5.16. The molecule has 1 aliphatic heterocycles. The first-order valence-corrected chi connectivity index (χ1v) is 8.09. The number of hydrogen-bond acceptors (Lipinski definition) is 4. The Kier molecular flexibility index (Phi) is 4.06. The van der Waals surface area contributed by atoms with E-state index < -0.39 is 0 Å². The van der Waals surface area contributed by atoms with Crippen molar-refractivity contribution in [3.05, 3.63) is 20.2 Å². The molecule has 6 heteroatoms. The van der Waals surface area contributed by atoms with Crippen LogP contribution in [0.5, 0.6) is 0 Å². The molecule has 1 aliphatic rings. The number of aromatic nitrogens is 1. The first-order valence-electron chi connectivity index (χ1n) is 7.27. The van der Waals surface area contributed by atoms with Gasteiger partial charge in [-0.25, -0.2) is 0 Å². The van der Waals surface area contributed by atoms with Crippen LogP contribution in [0.25, 0.3) is 0 Å². The summed E-state index contributed by atoms with van der Waals surface area (Å²) in [4.78, 5) is 24.5. The average Bonchev–Trinajstić information content (AvgIpc) is 2.52.